The van der Waals surface area contributed by atoms with E-state index in [4.69, 9.17) is 6.42 Å². The van der Waals surface area contributed by atoms with Crippen molar-refractivity contribution >= 4 is 11.3 Å². The van der Waals surface area contributed by atoms with E-state index in [1.54, 1.807) is 11.3 Å². The molecule has 0 saturated heterocycles. The third kappa shape index (κ3) is 2.57. The second-order valence-electron chi connectivity index (χ2n) is 3.24. The number of nitrogens with one attached hydrogen (secondary N) is 1. The molecule has 1 heterocycles. The summed E-state index contributed by atoms with van der Waals surface area (Å²) in [5.74, 6) is 2.77. The third-order valence-corrected chi connectivity index (χ3v) is 3.10. The van der Waals surface area contributed by atoms with Gasteiger partial charge in [0.25, 0.3) is 0 Å². The van der Waals surface area contributed by atoms with E-state index in [-0.39, 0.29) is 6.04 Å². The zero-order valence-corrected chi connectivity index (χ0v) is 9.74. The minimum absolute atomic E-state index is 0.0288. The van der Waals surface area contributed by atoms with Crippen LogP contribution < -0.4 is 5.32 Å². The van der Waals surface area contributed by atoms with Crippen molar-refractivity contribution in [2.45, 2.75) is 33.2 Å². The summed E-state index contributed by atoms with van der Waals surface area (Å²) in [6.07, 6.45) is 6.58. The van der Waals surface area contributed by atoms with Gasteiger partial charge in [-0.15, -0.1) is 17.8 Å². The number of terminal acetylenes is 1. The smallest absolute Gasteiger partial charge is 0.105 e. The Morgan fingerprint density at radius 2 is 2.29 bits per heavy atom. The van der Waals surface area contributed by atoms with Crippen LogP contribution in [0.1, 0.15) is 35.0 Å². The van der Waals surface area contributed by atoms with E-state index in [1.807, 2.05) is 13.8 Å². The Morgan fingerprint density at radius 3 is 2.71 bits per heavy atom. The van der Waals surface area contributed by atoms with E-state index in [0.29, 0.717) is 0 Å². The van der Waals surface area contributed by atoms with Crippen LogP contribution in [-0.4, -0.2) is 11.5 Å². The Kier molecular flexibility index (Phi) is 4.12. The van der Waals surface area contributed by atoms with E-state index in [9.17, 15) is 0 Å². The molecule has 0 amide bonds. The first-order chi connectivity index (χ1) is 6.69. The van der Waals surface area contributed by atoms with Gasteiger partial charge in [0.05, 0.1) is 15.6 Å². The van der Waals surface area contributed by atoms with Crippen LogP contribution in [0, 0.1) is 26.2 Å². The van der Waals surface area contributed by atoms with Gasteiger partial charge < -0.3 is 0 Å². The first kappa shape index (κ1) is 11.2. The van der Waals surface area contributed by atoms with Crippen molar-refractivity contribution < 1.29 is 0 Å². The predicted molar refractivity (Wildman–Crippen MR) is 61.5 cm³/mol. The second-order valence-corrected chi connectivity index (χ2v) is 4.47. The van der Waals surface area contributed by atoms with Crippen molar-refractivity contribution in [2.75, 3.05) is 6.54 Å². The van der Waals surface area contributed by atoms with Gasteiger partial charge in [0.1, 0.15) is 6.04 Å². The van der Waals surface area contributed by atoms with Gasteiger partial charge >= 0.3 is 0 Å². The Labute approximate surface area is 89.8 Å². The number of rotatable bonds is 4. The lowest BCUT2D eigenvalue weighted by molar-refractivity contribution is 0.630. The molecule has 0 aliphatic heterocycles. The molecule has 1 N–H and O–H groups in total. The van der Waals surface area contributed by atoms with Crippen LogP contribution in [0.15, 0.2) is 0 Å². The molecule has 3 heteroatoms. The van der Waals surface area contributed by atoms with Gasteiger partial charge in [-0.1, -0.05) is 12.8 Å². The molecule has 0 saturated carbocycles. The van der Waals surface area contributed by atoms with Crippen molar-refractivity contribution in [3.63, 3.8) is 0 Å². The van der Waals surface area contributed by atoms with Gasteiger partial charge in [-0.2, -0.15) is 0 Å². The molecule has 0 aliphatic rings. The lowest BCUT2D eigenvalue weighted by Gasteiger charge is -2.10. The van der Waals surface area contributed by atoms with Crippen molar-refractivity contribution in [3.05, 3.63) is 15.6 Å². The van der Waals surface area contributed by atoms with Gasteiger partial charge in [-0.25, -0.2) is 4.98 Å². The molecule has 1 atom stereocenters. The van der Waals surface area contributed by atoms with Crippen molar-refractivity contribution in [3.8, 4) is 12.3 Å². The molecule has 2 nitrogen and oxygen atoms in total. The number of hydrogen-bond acceptors (Lipinski definition) is 3. The van der Waals surface area contributed by atoms with Gasteiger partial charge in [-0.3, -0.25) is 5.32 Å². The molecular weight excluding hydrogens is 192 g/mol. The molecule has 0 aromatic carbocycles. The minimum atomic E-state index is 0.0288. The van der Waals surface area contributed by atoms with Crippen LogP contribution in [0.25, 0.3) is 0 Å². The maximum Gasteiger partial charge on any atom is 0.105 e. The van der Waals surface area contributed by atoms with Crippen molar-refractivity contribution in [1.29, 1.82) is 0 Å². The average molecular weight is 208 g/mol. The van der Waals surface area contributed by atoms with Crippen molar-refractivity contribution in [2.24, 2.45) is 0 Å². The Hall–Kier alpha value is -0.850. The fourth-order valence-electron chi connectivity index (χ4n) is 1.33. The second kappa shape index (κ2) is 5.14. The molecule has 1 aromatic heterocycles. The van der Waals surface area contributed by atoms with Crippen LogP contribution in [0.4, 0.5) is 0 Å². The molecule has 0 bridgehead atoms. The lowest BCUT2D eigenvalue weighted by atomic mass is 10.2. The highest BCUT2D eigenvalue weighted by molar-refractivity contribution is 7.11. The molecule has 1 rings (SSSR count). The molecule has 0 spiro atoms. The van der Waals surface area contributed by atoms with E-state index < -0.39 is 0 Å². The highest BCUT2D eigenvalue weighted by Crippen LogP contribution is 2.24. The number of aromatic nitrogens is 1. The first-order valence-electron chi connectivity index (χ1n) is 4.82. The van der Waals surface area contributed by atoms with Crippen LogP contribution >= 0.6 is 11.3 Å². The Balaban J connectivity index is 2.79. The van der Waals surface area contributed by atoms with E-state index in [1.165, 1.54) is 4.88 Å². The predicted octanol–water partition coefficient (Wildman–Crippen LogP) is 2.43. The van der Waals surface area contributed by atoms with Gasteiger partial charge in [0.2, 0.25) is 0 Å². The van der Waals surface area contributed by atoms with Gasteiger partial charge in [-0.05, 0) is 26.8 Å². The van der Waals surface area contributed by atoms with Crippen molar-refractivity contribution in [1.82, 2.24) is 10.3 Å². The molecule has 0 aliphatic carbocycles. The topological polar surface area (TPSA) is 24.9 Å². The SMILES string of the molecule is C#CC(NCCC)c1sc(C)nc1C. The number of hydrogen-bond donors (Lipinski definition) is 1. The number of nitrogens with zero attached hydrogens (tertiary/aromatic N) is 1. The fraction of sp³-hybridized carbons (Fsp3) is 0.545. The summed E-state index contributed by atoms with van der Waals surface area (Å²) in [4.78, 5) is 5.55. The van der Waals surface area contributed by atoms with Crippen LogP contribution in [0.3, 0.4) is 0 Å². The molecule has 76 valence electrons. The molecular formula is C11H16N2S. The monoisotopic (exact) mass is 208 g/mol. The van der Waals surface area contributed by atoms with Crippen LogP contribution in [0.2, 0.25) is 0 Å². The van der Waals surface area contributed by atoms with Crippen LogP contribution in [0.5, 0.6) is 0 Å². The molecule has 1 aromatic rings. The van der Waals surface area contributed by atoms with Gasteiger partial charge in [0, 0.05) is 0 Å². The van der Waals surface area contributed by atoms with Crippen LogP contribution in [-0.2, 0) is 0 Å². The summed E-state index contributed by atoms with van der Waals surface area (Å²) in [6, 6.07) is 0.0288. The number of aryl methyl sites for hydroxylation is 2. The molecule has 0 fully saturated rings. The normalized spacial score (nSPS) is 12.4. The highest BCUT2D eigenvalue weighted by Gasteiger charge is 2.13. The molecule has 1 unspecified atom stereocenters. The standard InChI is InChI=1S/C11H16N2S/c1-5-7-12-10(6-2)11-8(3)13-9(4)14-11/h2,10,12H,5,7H2,1,3-4H3. The average Bonchev–Trinajstić information content (AvgIpc) is 2.47. The largest absolute Gasteiger partial charge is 0.299 e. The van der Waals surface area contributed by atoms with Gasteiger partial charge in [0.15, 0.2) is 0 Å². The maximum absolute atomic E-state index is 5.49. The zero-order valence-electron chi connectivity index (χ0n) is 8.92. The minimum Gasteiger partial charge on any atom is -0.299 e. The third-order valence-electron chi connectivity index (χ3n) is 1.97. The summed E-state index contributed by atoms with van der Waals surface area (Å²) in [5, 5.41) is 4.40. The first-order valence-corrected chi connectivity index (χ1v) is 5.64. The van der Waals surface area contributed by atoms with E-state index in [0.717, 1.165) is 23.7 Å². The fourth-order valence-corrected chi connectivity index (χ4v) is 2.29. The Bertz CT molecular complexity index is 336. The number of thiazole rings is 1. The van der Waals surface area contributed by atoms with E-state index >= 15 is 0 Å². The summed E-state index contributed by atoms with van der Waals surface area (Å²) in [6.45, 7) is 7.10. The maximum atomic E-state index is 5.49. The highest BCUT2D eigenvalue weighted by atomic mass is 32.1. The quantitative estimate of drug-likeness (QED) is 0.769. The zero-order chi connectivity index (χ0) is 10.6. The Morgan fingerprint density at radius 1 is 1.57 bits per heavy atom. The molecule has 14 heavy (non-hydrogen) atoms. The summed E-state index contributed by atoms with van der Waals surface area (Å²) in [7, 11) is 0. The molecule has 0 radical (unpaired) electrons. The summed E-state index contributed by atoms with van der Waals surface area (Å²) >= 11 is 1.68. The summed E-state index contributed by atoms with van der Waals surface area (Å²) in [5.41, 5.74) is 1.05. The summed E-state index contributed by atoms with van der Waals surface area (Å²) < 4.78 is 0. The van der Waals surface area contributed by atoms with E-state index in [2.05, 4.69) is 23.1 Å². The lowest BCUT2D eigenvalue weighted by Crippen LogP contribution is -2.20.